The summed E-state index contributed by atoms with van der Waals surface area (Å²) in [6.45, 7) is 0.888. The summed E-state index contributed by atoms with van der Waals surface area (Å²) >= 11 is 0. The molecule has 4 rings (SSSR count). The first-order valence-corrected chi connectivity index (χ1v) is 10.3. The van der Waals surface area contributed by atoms with Crippen molar-refractivity contribution in [2.24, 2.45) is 0 Å². The summed E-state index contributed by atoms with van der Waals surface area (Å²) in [5, 5.41) is 13.8. The Kier molecular flexibility index (Phi) is 5.54. The van der Waals surface area contributed by atoms with E-state index in [0.717, 1.165) is 50.0 Å². The number of hydrazine groups is 1. The van der Waals surface area contributed by atoms with Crippen molar-refractivity contribution >= 4 is 5.71 Å². The van der Waals surface area contributed by atoms with Crippen LogP contribution in [0.5, 0.6) is 5.75 Å². The quantitative estimate of drug-likeness (QED) is 0.759. The van der Waals surface area contributed by atoms with Crippen molar-refractivity contribution in [2.75, 3.05) is 13.1 Å². The lowest BCUT2D eigenvalue weighted by Crippen LogP contribution is -2.46. The summed E-state index contributed by atoms with van der Waals surface area (Å²) in [5.41, 5.74) is 2.98. The maximum Gasteiger partial charge on any atom is 0.387 e. The summed E-state index contributed by atoms with van der Waals surface area (Å²) in [4.78, 5) is 0. The van der Waals surface area contributed by atoms with Crippen molar-refractivity contribution in [3.63, 3.8) is 0 Å². The number of nitrogens with zero attached hydrogens (tertiary/aromatic N) is 2. The number of alkyl halides is 2. The zero-order valence-electron chi connectivity index (χ0n) is 16.7. The largest absolute Gasteiger partial charge is 0.435 e. The van der Waals surface area contributed by atoms with Gasteiger partial charge in [0.1, 0.15) is 5.75 Å². The number of hydrazone groups is 1. The van der Waals surface area contributed by atoms with Gasteiger partial charge in [-0.15, -0.1) is 9.69 Å². The molecule has 4 nitrogen and oxygen atoms in total. The van der Waals surface area contributed by atoms with Crippen LogP contribution in [0.1, 0.15) is 49.3 Å². The Hall–Kier alpha value is -2.47. The number of benzene rings is 2. The number of rotatable bonds is 5. The van der Waals surface area contributed by atoms with Crippen LogP contribution < -0.4 is 4.74 Å². The van der Waals surface area contributed by atoms with Crippen molar-refractivity contribution in [3.8, 4) is 5.75 Å². The fourth-order valence-electron chi connectivity index (χ4n) is 4.36. The molecule has 2 aromatic carbocycles. The lowest BCUT2D eigenvalue weighted by Gasteiger charge is -2.30. The van der Waals surface area contributed by atoms with Gasteiger partial charge in [0, 0.05) is 17.5 Å². The molecule has 2 aliphatic rings. The van der Waals surface area contributed by atoms with Gasteiger partial charge in [-0.05, 0) is 49.1 Å². The Labute approximate surface area is 170 Å². The maximum atomic E-state index is 12.5. The van der Waals surface area contributed by atoms with E-state index in [4.69, 9.17) is 0 Å². The number of hydrogen-bond acceptors (Lipinski definition) is 3. The standard InChI is InChI=1S/C23H27F2N2O2/c1-2-17-6-8-18(9-7-17)21-16-23(28,27-15-5-3-4-14-26(21)27)19-10-12-20(13-11-19)29-22(24)25/h6-13,22,28H,2-5,14-16H2,1H3/q+1/t23-/m0/s1. The molecule has 0 aromatic heterocycles. The summed E-state index contributed by atoms with van der Waals surface area (Å²) in [5.74, 6) is 0.0948. The van der Waals surface area contributed by atoms with E-state index in [1.165, 1.54) is 17.7 Å². The van der Waals surface area contributed by atoms with Gasteiger partial charge in [0.15, 0.2) is 6.54 Å². The minimum atomic E-state index is -2.86. The van der Waals surface area contributed by atoms with Crippen LogP contribution in [-0.4, -0.2) is 40.2 Å². The van der Waals surface area contributed by atoms with Crippen LogP contribution in [0.4, 0.5) is 8.78 Å². The Morgan fingerprint density at radius 1 is 1.07 bits per heavy atom. The number of fused-ring (bicyclic) bond motifs is 1. The Balaban J connectivity index is 1.69. The van der Waals surface area contributed by atoms with Crippen LogP contribution >= 0.6 is 0 Å². The van der Waals surface area contributed by atoms with Crippen molar-refractivity contribution in [2.45, 2.75) is 51.4 Å². The molecule has 6 heteroatoms. The minimum Gasteiger partial charge on any atom is -0.435 e. The van der Waals surface area contributed by atoms with E-state index >= 15 is 0 Å². The molecule has 0 bridgehead atoms. The highest BCUT2D eigenvalue weighted by atomic mass is 19.3. The third-order valence-corrected chi connectivity index (χ3v) is 5.92. The third kappa shape index (κ3) is 3.86. The fraction of sp³-hybridized carbons (Fsp3) is 0.435. The zero-order valence-corrected chi connectivity index (χ0v) is 16.7. The Morgan fingerprint density at radius 2 is 1.79 bits per heavy atom. The summed E-state index contributed by atoms with van der Waals surface area (Å²) in [7, 11) is 0. The van der Waals surface area contributed by atoms with Crippen molar-refractivity contribution in [1.82, 2.24) is 5.01 Å². The first kappa shape index (κ1) is 19.8. The predicted molar refractivity (Wildman–Crippen MR) is 107 cm³/mol. The van der Waals surface area contributed by atoms with E-state index in [1.54, 1.807) is 12.1 Å². The van der Waals surface area contributed by atoms with Crippen LogP contribution in [0.15, 0.2) is 48.5 Å². The van der Waals surface area contributed by atoms with Crippen LogP contribution in [0.25, 0.3) is 0 Å². The number of aryl methyl sites for hydroxylation is 1. The Morgan fingerprint density at radius 3 is 2.45 bits per heavy atom. The second-order valence-corrected chi connectivity index (χ2v) is 7.70. The van der Waals surface area contributed by atoms with Gasteiger partial charge in [-0.25, -0.2) is 0 Å². The van der Waals surface area contributed by atoms with Crippen molar-refractivity contribution < 1.29 is 23.3 Å². The van der Waals surface area contributed by atoms with E-state index in [-0.39, 0.29) is 5.75 Å². The molecule has 1 atom stereocenters. The molecule has 0 aliphatic carbocycles. The third-order valence-electron chi connectivity index (χ3n) is 5.92. The minimum absolute atomic E-state index is 0.0948. The smallest absolute Gasteiger partial charge is 0.387 e. The van der Waals surface area contributed by atoms with Gasteiger partial charge in [0.05, 0.1) is 13.0 Å². The summed E-state index contributed by atoms with van der Waals surface area (Å²) in [6.07, 6.45) is 4.64. The monoisotopic (exact) mass is 401 g/mol. The van der Waals surface area contributed by atoms with Crippen LogP contribution in [0, 0.1) is 0 Å². The fourth-order valence-corrected chi connectivity index (χ4v) is 4.36. The molecule has 0 saturated carbocycles. The van der Waals surface area contributed by atoms with E-state index in [1.807, 2.05) is 5.01 Å². The number of ether oxygens (including phenoxy) is 1. The van der Waals surface area contributed by atoms with Gasteiger partial charge in [-0.3, -0.25) is 0 Å². The second kappa shape index (κ2) is 8.11. The molecule has 1 saturated heterocycles. The van der Waals surface area contributed by atoms with Crippen LogP contribution in [-0.2, 0) is 12.1 Å². The lowest BCUT2D eigenvalue weighted by atomic mass is 9.94. The molecule has 29 heavy (non-hydrogen) atoms. The summed E-state index contributed by atoms with van der Waals surface area (Å²) in [6, 6.07) is 14.9. The van der Waals surface area contributed by atoms with E-state index in [9.17, 15) is 13.9 Å². The van der Waals surface area contributed by atoms with E-state index in [0.29, 0.717) is 12.0 Å². The molecule has 1 N–H and O–H groups in total. The molecule has 0 spiro atoms. The van der Waals surface area contributed by atoms with Gasteiger partial charge in [0.2, 0.25) is 11.4 Å². The second-order valence-electron chi connectivity index (χ2n) is 7.70. The van der Waals surface area contributed by atoms with Crippen molar-refractivity contribution in [1.29, 1.82) is 0 Å². The van der Waals surface area contributed by atoms with Gasteiger partial charge in [-0.1, -0.05) is 31.2 Å². The highest BCUT2D eigenvalue weighted by Gasteiger charge is 2.52. The molecule has 0 radical (unpaired) electrons. The molecular formula is C23H27F2N2O2+. The highest BCUT2D eigenvalue weighted by Crippen LogP contribution is 2.38. The van der Waals surface area contributed by atoms with Crippen molar-refractivity contribution in [3.05, 3.63) is 65.2 Å². The highest BCUT2D eigenvalue weighted by molar-refractivity contribution is 5.98. The van der Waals surface area contributed by atoms with Crippen LogP contribution in [0.2, 0.25) is 0 Å². The van der Waals surface area contributed by atoms with E-state index in [2.05, 4.69) is 40.6 Å². The molecule has 1 fully saturated rings. The molecule has 0 unspecified atom stereocenters. The normalized spacial score (nSPS) is 22.0. The van der Waals surface area contributed by atoms with Gasteiger partial charge < -0.3 is 9.84 Å². The van der Waals surface area contributed by atoms with Gasteiger partial charge >= 0.3 is 6.61 Å². The SMILES string of the molecule is CCc1ccc(C2=[N+]3CCCCCN3[C@@](O)(c3ccc(OC(F)F)cc3)C2)cc1. The molecule has 0 amide bonds. The first-order chi connectivity index (χ1) is 14.0. The van der Waals surface area contributed by atoms with Gasteiger partial charge in [-0.2, -0.15) is 8.78 Å². The molecule has 2 aromatic rings. The van der Waals surface area contributed by atoms with Gasteiger partial charge in [0.25, 0.3) is 0 Å². The summed E-state index contributed by atoms with van der Waals surface area (Å²) < 4.78 is 31.6. The average molecular weight is 401 g/mol. The maximum absolute atomic E-state index is 12.5. The molecule has 2 aliphatic heterocycles. The van der Waals surface area contributed by atoms with Crippen LogP contribution in [0.3, 0.4) is 0 Å². The Bertz CT molecular complexity index is 881. The zero-order chi connectivity index (χ0) is 20.4. The van der Waals surface area contributed by atoms with E-state index < -0.39 is 12.3 Å². The predicted octanol–water partition coefficient (Wildman–Crippen LogP) is 4.30. The molecule has 154 valence electrons. The number of halogens is 2. The average Bonchev–Trinajstić information content (AvgIpc) is 2.87. The number of aliphatic hydroxyl groups is 1. The topological polar surface area (TPSA) is 35.7 Å². The molecular weight excluding hydrogens is 374 g/mol. The molecule has 2 heterocycles. The number of hydrogen-bond donors (Lipinski definition) is 1. The first-order valence-electron chi connectivity index (χ1n) is 10.3. The lowest BCUT2D eigenvalue weighted by molar-refractivity contribution is -0.706.